The summed E-state index contributed by atoms with van der Waals surface area (Å²) in [5.74, 6) is 0.932. The minimum Gasteiger partial charge on any atom is -0.490 e. The van der Waals surface area contributed by atoms with E-state index in [-0.39, 0.29) is 0 Å². The van der Waals surface area contributed by atoms with Gasteiger partial charge in [-0.1, -0.05) is 25.0 Å². The third-order valence-corrected chi connectivity index (χ3v) is 3.47. The van der Waals surface area contributed by atoms with Crippen LogP contribution in [0.3, 0.4) is 0 Å². The van der Waals surface area contributed by atoms with E-state index in [4.69, 9.17) is 4.74 Å². The zero-order valence-electron chi connectivity index (χ0n) is 10.6. The van der Waals surface area contributed by atoms with Crippen LogP contribution in [0.25, 0.3) is 0 Å². The van der Waals surface area contributed by atoms with Gasteiger partial charge in [0.1, 0.15) is 5.75 Å². The molecule has 17 heavy (non-hydrogen) atoms. The quantitative estimate of drug-likeness (QED) is 0.805. The molecule has 2 nitrogen and oxygen atoms in total. The topological polar surface area (TPSA) is 29.5 Å². The number of rotatable bonds is 3. The van der Waals surface area contributed by atoms with Gasteiger partial charge in [-0.3, -0.25) is 0 Å². The van der Waals surface area contributed by atoms with Crippen LogP contribution in [0, 0.1) is 0 Å². The van der Waals surface area contributed by atoms with E-state index in [1.54, 1.807) is 6.92 Å². The zero-order chi connectivity index (χ0) is 12.1. The third-order valence-electron chi connectivity index (χ3n) is 3.47. The largest absolute Gasteiger partial charge is 0.490 e. The van der Waals surface area contributed by atoms with Crippen molar-refractivity contribution in [3.05, 3.63) is 29.8 Å². The van der Waals surface area contributed by atoms with Crippen molar-refractivity contribution in [3.8, 4) is 5.75 Å². The molecule has 94 valence electrons. The number of hydrogen-bond donors (Lipinski definition) is 1. The second-order valence-electron chi connectivity index (χ2n) is 4.98. The summed E-state index contributed by atoms with van der Waals surface area (Å²) >= 11 is 0. The Bertz CT molecular complexity index is 321. The van der Waals surface area contributed by atoms with Gasteiger partial charge in [-0.2, -0.15) is 0 Å². The Morgan fingerprint density at radius 1 is 1.06 bits per heavy atom. The Kier molecular flexibility index (Phi) is 4.43. The second kappa shape index (κ2) is 6.06. The van der Waals surface area contributed by atoms with Gasteiger partial charge in [-0.25, -0.2) is 0 Å². The number of aliphatic hydroxyl groups is 1. The third kappa shape index (κ3) is 3.74. The van der Waals surface area contributed by atoms with Crippen molar-refractivity contribution in [1.29, 1.82) is 0 Å². The van der Waals surface area contributed by atoms with Gasteiger partial charge < -0.3 is 9.84 Å². The molecule has 0 amide bonds. The smallest absolute Gasteiger partial charge is 0.119 e. The summed E-state index contributed by atoms with van der Waals surface area (Å²) in [5.41, 5.74) is 0.943. The fraction of sp³-hybridized carbons (Fsp3) is 0.600. The summed E-state index contributed by atoms with van der Waals surface area (Å²) in [5, 5.41) is 9.43. The van der Waals surface area contributed by atoms with Crippen LogP contribution in [0.2, 0.25) is 0 Å². The molecule has 0 heterocycles. The molecular weight excluding hydrogens is 212 g/mol. The lowest BCUT2D eigenvalue weighted by Crippen LogP contribution is -2.14. The predicted molar refractivity (Wildman–Crippen MR) is 69.2 cm³/mol. The van der Waals surface area contributed by atoms with Crippen LogP contribution in [-0.4, -0.2) is 11.2 Å². The Balaban J connectivity index is 1.93. The summed E-state index contributed by atoms with van der Waals surface area (Å²) in [6, 6.07) is 7.81. The Labute approximate surface area is 104 Å². The molecule has 0 unspecified atom stereocenters. The zero-order valence-corrected chi connectivity index (χ0v) is 10.6. The van der Waals surface area contributed by atoms with E-state index in [1.165, 1.54) is 38.5 Å². The lowest BCUT2D eigenvalue weighted by atomic mass is 10.1. The average molecular weight is 234 g/mol. The highest BCUT2D eigenvalue weighted by Crippen LogP contribution is 2.24. The summed E-state index contributed by atoms with van der Waals surface area (Å²) in [4.78, 5) is 0. The van der Waals surface area contributed by atoms with E-state index in [1.807, 2.05) is 24.3 Å². The molecule has 0 aromatic heterocycles. The molecule has 0 spiro atoms. The first-order chi connectivity index (χ1) is 8.25. The van der Waals surface area contributed by atoms with Gasteiger partial charge in [0.25, 0.3) is 0 Å². The number of benzene rings is 1. The molecule has 1 fully saturated rings. The molecule has 1 aromatic rings. The molecule has 1 aromatic carbocycles. The van der Waals surface area contributed by atoms with E-state index in [0.29, 0.717) is 6.10 Å². The first-order valence-corrected chi connectivity index (χ1v) is 6.70. The highest BCUT2D eigenvalue weighted by Gasteiger charge is 2.13. The van der Waals surface area contributed by atoms with Crippen molar-refractivity contribution in [3.63, 3.8) is 0 Å². The maximum Gasteiger partial charge on any atom is 0.119 e. The van der Waals surface area contributed by atoms with Crippen LogP contribution in [-0.2, 0) is 0 Å². The molecule has 0 radical (unpaired) electrons. The maximum atomic E-state index is 9.43. The van der Waals surface area contributed by atoms with Crippen molar-refractivity contribution in [2.75, 3.05) is 0 Å². The predicted octanol–water partition coefficient (Wildman–Crippen LogP) is 3.84. The van der Waals surface area contributed by atoms with Gasteiger partial charge >= 0.3 is 0 Å². The molecular formula is C15H22O2. The highest BCUT2D eigenvalue weighted by atomic mass is 16.5. The van der Waals surface area contributed by atoms with Gasteiger partial charge in [0, 0.05) is 0 Å². The highest BCUT2D eigenvalue weighted by molar-refractivity contribution is 5.28. The summed E-state index contributed by atoms with van der Waals surface area (Å²) in [6.45, 7) is 1.78. The van der Waals surface area contributed by atoms with E-state index >= 15 is 0 Å². The van der Waals surface area contributed by atoms with Crippen molar-refractivity contribution < 1.29 is 9.84 Å². The van der Waals surface area contributed by atoms with E-state index in [2.05, 4.69) is 0 Å². The number of ether oxygens (including phenoxy) is 1. The monoisotopic (exact) mass is 234 g/mol. The Morgan fingerprint density at radius 2 is 1.65 bits per heavy atom. The van der Waals surface area contributed by atoms with Crippen LogP contribution in [0.1, 0.15) is 57.1 Å². The normalized spacial score (nSPS) is 19.6. The molecule has 2 rings (SSSR count). The number of aliphatic hydroxyl groups excluding tert-OH is 1. The van der Waals surface area contributed by atoms with Crippen LogP contribution < -0.4 is 4.74 Å². The number of hydrogen-bond acceptors (Lipinski definition) is 2. The van der Waals surface area contributed by atoms with Crippen molar-refractivity contribution >= 4 is 0 Å². The Morgan fingerprint density at radius 3 is 2.18 bits per heavy atom. The van der Waals surface area contributed by atoms with Crippen molar-refractivity contribution in [2.24, 2.45) is 0 Å². The lowest BCUT2D eigenvalue weighted by Gasteiger charge is -2.17. The average Bonchev–Trinajstić information content (AvgIpc) is 2.58. The molecule has 1 aliphatic rings. The molecule has 1 atom stereocenters. The standard InChI is InChI=1S/C15H22O2/c1-12(16)13-8-10-15(11-9-13)17-14-6-4-2-3-5-7-14/h8-12,14,16H,2-7H2,1H3/t12-/m0/s1. The Hall–Kier alpha value is -1.02. The SMILES string of the molecule is C[C@H](O)c1ccc(OC2CCCCCC2)cc1. The summed E-state index contributed by atoms with van der Waals surface area (Å²) < 4.78 is 5.99. The van der Waals surface area contributed by atoms with Crippen LogP contribution in [0.4, 0.5) is 0 Å². The van der Waals surface area contributed by atoms with Gasteiger partial charge in [-0.05, 0) is 50.3 Å². The summed E-state index contributed by atoms with van der Waals surface area (Å²) in [7, 11) is 0. The fourth-order valence-corrected chi connectivity index (χ4v) is 2.38. The van der Waals surface area contributed by atoms with Gasteiger partial charge in [0.05, 0.1) is 12.2 Å². The molecule has 0 aliphatic heterocycles. The van der Waals surface area contributed by atoms with E-state index in [9.17, 15) is 5.11 Å². The van der Waals surface area contributed by atoms with Crippen molar-refractivity contribution in [1.82, 2.24) is 0 Å². The molecule has 1 aliphatic carbocycles. The minimum atomic E-state index is -0.401. The van der Waals surface area contributed by atoms with Crippen LogP contribution >= 0.6 is 0 Å². The summed E-state index contributed by atoms with van der Waals surface area (Å²) in [6.07, 6.45) is 7.61. The molecule has 2 heteroatoms. The van der Waals surface area contributed by atoms with Crippen molar-refractivity contribution in [2.45, 2.75) is 57.7 Å². The van der Waals surface area contributed by atoms with Crippen LogP contribution in [0.5, 0.6) is 5.75 Å². The fourth-order valence-electron chi connectivity index (χ4n) is 2.38. The molecule has 1 saturated carbocycles. The van der Waals surface area contributed by atoms with Gasteiger partial charge in [0.15, 0.2) is 0 Å². The van der Waals surface area contributed by atoms with Crippen LogP contribution in [0.15, 0.2) is 24.3 Å². The maximum absolute atomic E-state index is 9.43. The molecule has 0 bridgehead atoms. The lowest BCUT2D eigenvalue weighted by molar-refractivity contribution is 0.182. The first kappa shape index (κ1) is 12.4. The van der Waals surface area contributed by atoms with Gasteiger partial charge in [0.2, 0.25) is 0 Å². The van der Waals surface area contributed by atoms with E-state index < -0.39 is 6.10 Å². The molecule has 1 N–H and O–H groups in total. The first-order valence-electron chi connectivity index (χ1n) is 6.70. The molecule has 0 saturated heterocycles. The van der Waals surface area contributed by atoms with E-state index in [0.717, 1.165) is 11.3 Å². The second-order valence-corrected chi connectivity index (χ2v) is 4.98. The minimum absolute atomic E-state index is 0.384. The van der Waals surface area contributed by atoms with Gasteiger partial charge in [-0.15, -0.1) is 0 Å².